The van der Waals surface area contributed by atoms with E-state index in [4.69, 9.17) is 25.9 Å². The maximum Gasteiger partial charge on any atom is 0.280 e. The molecule has 4 N–H and O–H groups in total. The fourth-order valence-corrected chi connectivity index (χ4v) is 3.78. The summed E-state index contributed by atoms with van der Waals surface area (Å²) >= 11 is 0. The van der Waals surface area contributed by atoms with Gasteiger partial charge in [-0.25, -0.2) is 4.98 Å². The highest BCUT2D eigenvalue weighted by Crippen LogP contribution is 2.29. The molecule has 0 unspecified atom stereocenters. The van der Waals surface area contributed by atoms with Gasteiger partial charge in [0.1, 0.15) is 5.75 Å². The Morgan fingerprint density at radius 1 is 0.971 bits per heavy atom. The standard InChI is InChI=1S/C28H36N4O3/c1-19-11-7-8-12-21(19)25-18-23(26(33)32-27(29)30)22-14-13-20(17-24(22)31-25)34-15-9-5-6-10-16-35-28(2,3)4/h7-8,11-14,17-18H,5-6,9-10,15-16H2,1-4H3,(H4,29,30,32,33). The Morgan fingerprint density at radius 2 is 1.69 bits per heavy atom. The first-order valence-electron chi connectivity index (χ1n) is 12.1. The summed E-state index contributed by atoms with van der Waals surface area (Å²) in [5.74, 6) is -0.0677. The Hall–Kier alpha value is -3.45. The van der Waals surface area contributed by atoms with Gasteiger partial charge in [-0.1, -0.05) is 30.7 Å². The molecule has 0 bridgehead atoms. The molecule has 3 aromatic rings. The molecule has 35 heavy (non-hydrogen) atoms. The highest BCUT2D eigenvalue weighted by molar-refractivity contribution is 6.11. The summed E-state index contributed by atoms with van der Waals surface area (Å²) in [6.45, 7) is 9.62. The van der Waals surface area contributed by atoms with Crippen molar-refractivity contribution in [2.45, 2.75) is 59.0 Å². The van der Waals surface area contributed by atoms with Crippen molar-refractivity contribution in [1.82, 2.24) is 4.98 Å². The van der Waals surface area contributed by atoms with Gasteiger partial charge >= 0.3 is 0 Å². The number of pyridine rings is 1. The van der Waals surface area contributed by atoms with E-state index < -0.39 is 5.91 Å². The Labute approximate surface area is 207 Å². The van der Waals surface area contributed by atoms with Crippen LogP contribution in [0.15, 0.2) is 53.5 Å². The van der Waals surface area contributed by atoms with E-state index in [0.717, 1.165) is 43.4 Å². The first kappa shape index (κ1) is 26.2. The summed E-state index contributed by atoms with van der Waals surface area (Å²) in [6.07, 6.45) is 4.19. The lowest BCUT2D eigenvalue weighted by atomic mass is 10.0. The van der Waals surface area contributed by atoms with Gasteiger partial charge in [0.25, 0.3) is 5.91 Å². The van der Waals surface area contributed by atoms with Crippen molar-refractivity contribution in [2.24, 2.45) is 16.5 Å². The number of nitrogens with zero attached hydrogens (tertiary/aromatic N) is 2. The second kappa shape index (κ2) is 11.8. The fourth-order valence-electron chi connectivity index (χ4n) is 3.78. The molecule has 0 aliphatic rings. The van der Waals surface area contributed by atoms with E-state index >= 15 is 0 Å². The van der Waals surface area contributed by atoms with Crippen LogP contribution >= 0.6 is 0 Å². The van der Waals surface area contributed by atoms with Crippen molar-refractivity contribution < 1.29 is 14.3 Å². The molecule has 2 aromatic carbocycles. The van der Waals surface area contributed by atoms with Crippen molar-refractivity contribution in [3.05, 3.63) is 59.7 Å². The lowest BCUT2D eigenvalue weighted by molar-refractivity contribution is -0.00480. The van der Waals surface area contributed by atoms with Crippen LogP contribution in [0.5, 0.6) is 5.75 Å². The number of aromatic nitrogens is 1. The lowest BCUT2D eigenvalue weighted by Crippen LogP contribution is -2.24. The number of fused-ring (bicyclic) bond motifs is 1. The smallest absolute Gasteiger partial charge is 0.280 e. The first-order valence-corrected chi connectivity index (χ1v) is 12.1. The third kappa shape index (κ3) is 7.79. The van der Waals surface area contributed by atoms with Gasteiger partial charge in [-0.05, 0) is 70.7 Å². The van der Waals surface area contributed by atoms with Crippen molar-refractivity contribution in [2.75, 3.05) is 13.2 Å². The van der Waals surface area contributed by atoms with E-state index in [1.54, 1.807) is 6.07 Å². The molecular formula is C28H36N4O3. The zero-order valence-electron chi connectivity index (χ0n) is 21.1. The number of guanidine groups is 1. The number of unbranched alkanes of at least 4 members (excludes halogenated alkanes) is 3. The average molecular weight is 477 g/mol. The van der Waals surface area contributed by atoms with Crippen LogP contribution in [0.3, 0.4) is 0 Å². The number of hydrogen-bond acceptors (Lipinski definition) is 4. The predicted molar refractivity (Wildman–Crippen MR) is 142 cm³/mol. The minimum atomic E-state index is -0.503. The molecule has 7 nitrogen and oxygen atoms in total. The van der Waals surface area contributed by atoms with Crippen molar-refractivity contribution in [3.63, 3.8) is 0 Å². The van der Waals surface area contributed by atoms with E-state index in [9.17, 15) is 4.79 Å². The monoisotopic (exact) mass is 476 g/mol. The highest BCUT2D eigenvalue weighted by Gasteiger charge is 2.16. The van der Waals surface area contributed by atoms with E-state index in [2.05, 4.69) is 25.8 Å². The number of hydrogen-bond donors (Lipinski definition) is 2. The van der Waals surface area contributed by atoms with E-state index in [-0.39, 0.29) is 11.6 Å². The quantitative estimate of drug-likeness (QED) is 0.231. The highest BCUT2D eigenvalue weighted by atomic mass is 16.5. The minimum Gasteiger partial charge on any atom is -0.494 e. The first-order chi connectivity index (χ1) is 16.6. The van der Waals surface area contributed by atoms with Gasteiger partial charge < -0.3 is 20.9 Å². The van der Waals surface area contributed by atoms with Gasteiger partial charge in [-0.2, -0.15) is 4.99 Å². The summed E-state index contributed by atoms with van der Waals surface area (Å²) < 4.78 is 11.7. The fraction of sp³-hybridized carbons (Fsp3) is 0.393. The number of amides is 1. The zero-order chi connectivity index (χ0) is 25.4. The molecule has 3 rings (SSSR count). The van der Waals surface area contributed by atoms with E-state index in [1.807, 2.05) is 49.4 Å². The van der Waals surface area contributed by atoms with Crippen LogP contribution in [0.4, 0.5) is 0 Å². The molecule has 0 atom stereocenters. The second-order valence-electron chi connectivity index (χ2n) is 9.61. The van der Waals surface area contributed by atoms with Crippen LogP contribution in [0.1, 0.15) is 62.4 Å². The number of rotatable bonds is 10. The molecular weight excluding hydrogens is 440 g/mol. The van der Waals surface area contributed by atoms with Crippen molar-refractivity contribution in [1.29, 1.82) is 0 Å². The maximum absolute atomic E-state index is 12.8. The Bertz CT molecular complexity index is 1190. The third-order valence-electron chi connectivity index (χ3n) is 5.51. The van der Waals surface area contributed by atoms with Crippen LogP contribution in [-0.2, 0) is 4.74 Å². The molecule has 1 amide bonds. The second-order valence-corrected chi connectivity index (χ2v) is 9.61. The maximum atomic E-state index is 12.8. The number of nitrogens with two attached hydrogens (primary N) is 2. The Balaban J connectivity index is 1.75. The molecule has 1 aromatic heterocycles. The number of carbonyl (C=O) groups excluding carboxylic acids is 1. The van der Waals surface area contributed by atoms with E-state index in [0.29, 0.717) is 34.5 Å². The van der Waals surface area contributed by atoms with Crippen LogP contribution < -0.4 is 16.2 Å². The number of ether oxygens (including phenoxy) is 2. The lowest BCUT2D eigenvalue weighted by Gasteiger charge is -2.19. The van der Waals surface area contributed by atoms with Crippen LogP contribution in [0, 0.1) is 6.92 Å². The van der Waals surface area contributed by atoms with Gasteiger partial charge in [0, 0.05) is 23.6 Å². The molecule has 0 aliphatic heterocycles. The molecule has 0 spiro atoms. The van der Waals surface area contributed by atoms with E-state index in [1.165, 1.54) is 0 Å². The minimum absolute atomic E-state index is 0.0833. The van der Waals surface area contributed by atoms with Crippen LogP contribution in [0.25, 0.3) is 22.2 Å². The number of carbonyl (C=O) groups is 1. The predicted octanol–water partition coefficient (Wildman–Crippen LogP) is 5.38. The van der Waals surface area contributed by atoms with Crippen molar-refractivity contribution in [3.8, 4) is 17.0 Å². The summed E-state index contributed by atoms with van der Waals surface area (Å²) in [5, 5.41) is 0.670. The van der Waals surface area contributed by atoms with Gasteiger partial charge in [-0.3, -0.25) is 4.79 Å². The van der Waals surface area contributed by atoms with Crippen LogP contribution in [0.2, 0.25) is 0 Å². The zero-order valence-corrected chi connectivity index (χ0v) is 21.1. The largest absolute Gasteiger partial charge is 0.494 e. The molecule has 0 saturated carbocycles. The molecule has 1 heterocycles. The van der Waals surface area contributed by atoms with Crippen molar-refractivity contribution >= 4 is 22.8 Å². The van der Waals surface area contributed by atoms with Crippen LogP contribution in [-0.4, -0.2) is 35.7 Å². The summed E-state index contributed by atoms with van der Waals surface area (Å²) in [7, 11) is 0. The molecule has 7 heteroatoms. The number of benzene rings is 2. The number of aryl methyl sites for hydroxylation is 1. The summed E-state index contributed by atoms with van der Waals surface area (Å²) in [5.41, 5.74) is 14.6. The van der Waals surface area contributed by atoms with Gasteiger partial charge in [-0.15, -0.1) is 0 Å². The molecule has 0 radical (unpaired) electrons. The van der Waals surface area contributed by atoms with Gasteiger partial charge in [0.05, 0.1) is 29.0 Å². The topological polar surface area (TPSA) is 113 Å². The molecule has 186 valence electrons. The molecule has 0 saturated heterocycles. The summed E-state index contributed by atoms with van der Waals surface area (Å²) in [6, 6.07) is 15.2. The van der Waals surface area contributed by atoms with Gasteiger partial charge in [0.2, 0.25) is 0 Å². The Kier molecular flexibility index (Phi) is 8.82. The Morgan fingerprint density at radius 3 is 2.37 bits per heavy atom. The molecule has 0 aliphatic carbocycles. The third-order valence-corrected chi connectivity index (χ3v) is 5.51. The normalized spacial score (nSPS) is 11.4. The SMILES string of the molecule is Cc1ccccc1-c1cc(C(=O)N=C(N)N)c2ccc(OCCCCCCOC(C)(C)C)cc2n1. The van der Waals surface area contributed by atoms with Gasteiger partial charge in [0.15, 0.2) is 5.96 Å². The average Bonchev–Trinajstić information content (AvgIpc) is 2.79. The molecule has 0 fully saturated rings. The number of aliphatic imine (C=N–C) groups is 1. The summed E-state index contributed by atoms with van der Waals surface area (Å²) in [4.78, 5) is 21.4.